The van der Waals surface area contributed by atoms with Gasteiger partial charge in [-0.3, -0.25) is 0 Å². The van der Waals surface area contributed by atoms with Crippen molar-refractivity contribution in [3.8, 4) is 0 Å². The van der Waals surface area contributed by atoms with Crippen LogP contribution in [0.3, 0.4) is 0 Å². The van der Waals surface area contributed by atoms with Gasteiger partial charge in [0.2, 0.25) is 0 Å². The number of ether oxygens (including phenoxy) is 1. The SMILES string of the molecule is CC(C)[NH2+]CC(O)COC1=CC=CC2C=CC=CC12. The Kier molecular flexibility index (Phi) is 5.00. The molecule has 0 spiro atoms. The molecule has 0 heterocycles. The molecule has 0 aromatic rings. The average Bonchev–Trinajstić information content (AvgIpc) is 2.42. The number of quaternary nitrogens is 1. The Balaban J connectivity index is 1.82. The minimum absolute atomic E-state index is 0.288. The van der Waals surface area contributed by atoms with Gasteiger partial charge in [0.15, 0.2) is 0 Å². The lowest BCUT2D eigenvalue weighted by Gasteiger charge is -2.27. The molecular weight excluding hydrogens is 238 g/mol. The van der Waals surface area contributed by atoms with E-state index in [-0.39, 0.29) is 5.92 Å². The summed E-state index contributed by atoms with van der Waals surface area (Å²) in [7, 11) is 0. The standard InChI is InChI=1S/C16H23NO2/c1-12(2)17-10-14(18)11-19-16-9-5-7-13-6-3-4-8-15(13)16/h3-9,12-15,17-18H,10-11H2,1-2H3/p+1. The predicted molar refractivity (Wildman–Crippen MR) is 76.4 cm³/mol. The molecule has 0 saturated carbocycles. The van der Waals surface area contributed by atoms with Gasteiger partial charge in [-0.15, -0.1) is 0 Å². The molecule has 0 aromatic carbocycles. The minimum atomic E-state index is -0.421. The molecule has 2 aliphatic carbocycles. The summed E-state index contributed by atoms with van der Waals surface area (Å²) in [6.07, 6.45) is 14.3. The summed E-state index contributed by atoms with van der Waals surface area (Å²) in [5.41, 5.74) is 0. The fraction of sp³-hybridized carbons (Fsp3) is 0.500. The highest BCUT2D eigenvalue weighted by atomic mass is 16.5. The third kappa shape index (κ3) is 4.08. The van der Waals surface area contributed by atoms with E-state index in [1.54, 1.807) is 0 Å². The van der Waals surface area contributed by atoms with Crippen molar-refractivity contribution in [1.82, 2.24) is 0 Å². The van der Waals surface area contributed by atoms with Crippen molar-refractivity contribution >= 4 is 0 Å². The largest absolute Gasteiger partial charge is 0.494 e. The first-order chi connectivity index (χ1) is 9.16. The molecule has 3 N–H and O–H groups in total. The third-order valence-electron chi connectivity index (χ3n) is 3.42. The summed E-state index contributed by atoms with van der Waals surface area (Å²) in [5, 5.41) is 12.0. The van der Waals surface area contributed by atoms with Crippen LogP contribution in [0.4, 0.5) is 0 Å². The second kappa shape index (κ2) is 6.73. The summed E-state index contributed by atoms with van der Waals surface area (Å²) in [4.78, 5) is 0. The van der Waals surface area contributed by atoms with Crippen LogP contribution in [-0.4, -0.2) is 30.4 Å². The van der Waals surface area contributed by atoms with Crippen LogP contribution in [0.2, 0.25) is 0 Å². The van der Waals surface area contributed by atoms with Crippen molar-refractivity contribution in [3.05, 3.63) is 48.3 Å². The lowest BCUT2D eigenvalue weighted by atomic mass is 9.84. The summed E-state index contributed by atoms with van der Waals surface area (Å²) < 4.78 is 5.80. The zero-order valence-electron chi connectivity index (χ0n) is 11.7. The van der Waals surface area contributed by atoms with Gasteiger partial charge in [-0.1, -0.05) is 36.5 Å². The molecule has 2 rings (SSSR count). The maximum atomic E-state index is 9.89. The number of rotatable bonds is 6. The van der Waals surface area contributed by atoms with Crippen molar-refractivity contribution in [2.75, 3.05) is 13.2 Å². The van der Waals surface area contributed by atoms with E-state index in [0.717, 1.165) is 5.76 Å². The predicted octanol–water partition coefficient (Wildman–Crippen LogP) is 1.15. The number of allylic oxidation sites excluding steroid dienone is 7. The van der Waals surface area contributed by atoms with E-state index in [9.17, 15) is 5.11 Å². The smallest absolute Gasteiger partial charge is 0.137 e. The Labute approximate surface area is 115 Å². The Morgan fingerprint density at radius 2 is 1.95 bits per heavy atom. The van der Waals surface area contributed by atoms with Gasteiger partial charge in [0.05, 0.1) is 6.04 Å². The number of fused-ring (bicyclic) bond motifs is 1. The second-order valence-corrected chi connectivity index (χ2v) is 5.51. The van der Waals surface area contributed by atoms with Crippen molar-refractivity contribution in [2.24, 2.45) is 11.8 Å². The number of aliphatic hydroxyl groups excluding tert-OH is 1. The van der Waals surface area contributed by atoms with E-state index < -0.39 is 6.10 Å². The highest BCUT2D eigenvalue weighted by molar-refractivity contribution is 5.31. The van der Waals surface area contributed by atoms with Crippen molar-refractivity contribution < 1.29 is 15.2 Å². The molecule has 0 aliphatic heterocycles. The fourth-order valence-corrected chi connectivity index (χ4v) is 2.32. The van der Waals surface area contributed by atoms with Crippen LogP contribution in [0.1, 0.15) is 13.8 Å². The molecule has 3 heteroatoms. The number of hydrogen-bond donors (Lipinski definition) is 2. The summed E-state index contributed by atoms with van der Waals surface area (Å²) in [6.45, 7) is 5.28. The van der Waals surface area contributed by atoms with Crippen LogP contribution in [0.5, 0.6) is 0 Å². The Hall–Kier alpha value is -1.32. The molecule has 104 valence electrons. The number of nitrogens with two attached hydrogens (primary N) is 1. The Morgan fingerprint density at radius 1 is 1.21 bits per heavy atom. The first-order valence-electron chi connectivity index (χ1n) is 7.04. The van der Waals surface area contributed by atoms with Gasteiger partial charge in [-0.2, -0.15) is 0 Å². The van der Waals surface area contributed by atoms with E-state index in [1.165, 1.54) is 0 Å². The Bertz CT molecular complexity index is 407. The molecule has 0 aromatic heterocycles. The third-order valence-corrected chi connectivity index (χ3v) is 3.42. The van der Waals surface area contributed by atoms with Crippen LogP contribution in [0.25, 0.3) is 0 Å². The Morgan fingerprint density at radius 3 is 2.74 bits per heavy atom. The lowest BCUT2D eigenvalue weighted by molar-refractivity contribution is -0.688. The monoisotopic (exact) mass is 262 g/mol. The van der Waals surface area contributed by atoms with Crippen molar-refractivity contribution in [1.29, 1.82) is 0 Å². The quantitative estimate of drug-likeness (QED) is 0.754. The summed E-state index contributed by atoms with van der Waals surface area (Å²) in [5.74, 6) is 1.64. The zero-order chi connectivity index (χ0) is 13.7. The van der Waals surface area contributed by atoms with E-state index in [4.69, 9.17) is 4.74 Å². The topological polar surface area (TPSA) is 46.1 Å². The van der Waals surface area contributed by atoms with Gasteiger partial charge in [0.25, 0.3) is 0 Å². The molecule has 0 saturated heterocycles. The fourth-order valence-electron chi connectivity index (χ4n) is 2.32. The highest BCUT2D eigenvalue weighted by Gasteiger charge is 2.24. The first kappa shape index (κ1) is 14.1. The van der Waals surface area contributed by atoms with Crippen molar-refractivity contribution in [3.63, 3.8) is 0 Å². The normalized spacial score (nSPS) is 26.2. The van der Waals surface area contributed by atoms with Gasteiger partial charge < -0.3 is 15.2 Å². The molecule has 0 fully saturated rings. The molecule has 0 amide bonds. The van der Waals surface area contributed by atoms with E-state index >= 15 is 0 Å². The van der Waals surface area contributed by atoms with Gasteiger partial charge in [-0.25, -0.2) is 0 Å². The number of hydrogen-bond acceptors (Lipinski definition) is 2. The molecule has 3 nitrogen and oxygen atoms in total. The molecule has 19 heavy (non-hydrogen) atoms. The average molecular weight is 262 g/mol. The molecule has 3 unspecified atom stereocenters. The maximum absolute atomic E-state index is 9.89. The summed E-state index contributed by atoms with van der Waals surface area (Å²) in [6, 6.07) is 0.502. The van der Waals surface area contributed by atoms with E-state index in [2.05, 4.69) is 49.5 Å². The van der Waals surface area contributed by atoms with Crippen LogP contribution >= 0.6 is 0 Å². The molecule has 3 atom stereocenters. The second-order valence-electron chi connectivity index (χ2n) is 5.51. The molecule has 2 aliphatic rings. The van der Waals surface area contributed by atoms with E-state index in [0.29, 0.717) is 25.1 Å². The number of aliphatic hydroxyl groups is 1. The molecular formula is C16H24NO2+. The van der Waals surface area contributed by atoms with Gasteiger partial charge in [-0.05, 0) is 19.9 Å². The van der Waals surface area contributed by atoms with Crippen molar-refractivity contribution in [2.45, 2.75) is 26.0 Å². The van der Waals surface area contributed by atoms with Gasteiger partial charge in [0, 0.05) is 11.8 Å². The summed E-state index contributed by atoms with van der Waals surface area (Å²) >= 11 is 0. The maximum Gasteiger partial charge on any atom is 0.137 e. The van der Waals surface area contributed by atoms with E-state index in [1.807, 2.05) is 12.2 Å². The molecule has 0 bridgehead atoms. The van der Waals surface area contributed by atoms with Gasteiger partial charge in [0.1, 0.15) is 25.0 Å². The van der Waals surface area contributed by atoms with Crippen LogP contribution < -0.4 is 5.32 Å². The zero-order valence-corrected chi connectivity index (χ0v) is 11.7. The van der Waals surface area contributed by atoms with Crippen LogP contribution in [0, 0.1) is 11.8 Å². The lowest BCUT2D eigenvalue weighted by Crippen LogP contribution is -2.90. The first-order valence-corrected chi connectivity index (χ1v) is 7.04. The van der Waals surface area contributed by atoms with Crippen LogP contribution in [-0.2, 0) is 4.74 Å². The highest BCUT2D eigenvalue weighted by Crippen LogP contribution is 2.31. The molecule has 0 radical (unpaired) electrons. The van der Waals surface area contributed by atoms with Crippen LogP contribution in [0.15, 0.2) is 48.3 Å². The minimum Gasteiger partial charge on any atom is -0.494 e. The van der Waals surface area contributed by atoms with Gasteiger partial charge >= 0.3 is 0 Å².